The van der Waals surface area contributed by atoms with E-state index in [1.807, 2.05) is 25.3 Å². The number of carbonyl (C=O) groups excluding carboxylic acids is 1. The molecule has 0 spiro atoms. The molecule has 0 aliphatic rings. The topological polar surface area (TPSA) is 17.1 Å². The van der Waals surface area contributed by atoms with Crippen LogP contribution in [0, 0.1) is 0 Å². The van der Waals surface area contributed by atoms with Crippen molar-refractivity contribution in [3.8, 4) is 0 Å². The largest absolute Gasteiger partial charge is 0.302 e. The van der Waals surface area contributed by atoms with Crippen molar-refractivity contribution in [1.82, 2.24) is 0 Å². The molecule has 0 N–H and O–H groups in total. The number of aldehydes is 1. The van der Waals surface area contributed by atoms with Crippen LogP contribution in [0.2, 0.25) is 5.02 Å². The number of halogens is 1. The molecule has 0 radical (unpaired) electrons. The van der Waals surface area contributed by atoms with Gasteiger partial charge in [-0.3, -0.25) is 0 Å². The summed E-state index contributed by atoms with van der Waals surface area (Å²) in [4.78, 5) is 11.6. The Kier molecular flexibility index (Phi) is 2.35. The fourth-order valence-electron chi connectivity index (χ4n) is 0.807. The summed E-state index contributed by atoms with van der Waals surface area (Å²) in [6.07, 6.45) is 0.921. The third kappa shape index (κ3) is 1.63. The van der Waals surface area contributed by atoms with Gasteiger partial charge in [0.2, 0.25) is 0 Å². The highest BCUT2D eigenvalue weighted by Gasteiger charge is 2.23. The molecule has 1 aromatic heterocycles. The number of carbonyl (C=O) groups is 1. The Balaban J connectivity index is 3.10. The summed E-state index contributed by atoms with van der Waals surface area (Å²) in [5.74, 6) is 0. The predicted molar refractivity (Wildman–Crippen MR) is 48.4 cm³/mol. The quantitative estimate of drug-likeness (QED) is 0.653. The van der Waals surface area contributed by atoms with Gasteiger partial charge in [0.15, 0.2) is 0 Å². The molecular weight excluding hydrogens is 180 g/mol. The van der Waals surface area contributed by atoms with Gasteiger partial charge in [-0.25, -0.2) is 0 Å². The molecule has 0 fully saturated rings. The van der Waals surface area contributed by atoms with E-state index in [4.69, 9.17) is 11.6 Å². The van der Waals surface area contributed by atoms with Gasteiger partial charge in [0.1, 0.15) is 6.29 Å². The van der Waals surface area contributed by atoms with Gasteiger partial charge in [0, 0.05) is 4.88 Å². The highest BCUT2D eigenvalue weighted by Crippen LogP contribution is 2.32. The molecule has 3 heteroatoms. The van der Waals surface area contributed by atoms with E-state index in [0.717, 1.165) is 11.2 Å². The minimum Gasteiger partial charge on any atom is -0.302 e. The van der Waals surface area contributed by atoms with Crippen LogP contribution in [0.4, 0.5) is 0 Å². The average molecular weight is 189 g/mol. The molecule has 0 aliphatic heterocycles. The summed E-state index contributed by atoms with van der Waals surface area (Å²) >= 11 is 7.37. The van der Waals surface area contributed by atoms with Crippen LogP contribution < -0.4 is 0 Å². The summed E-state index contributed by atoms with van der Waals surface area (Å²) in [6.45, 7) is 3.72. The van der Waals surface area contributed by atoms with Crippen molar-refractivity contribution in [3.05, 3.63) is 21.3 Å². The van der Waals surface area contributed by atoms with Crippen LogP contribution in [0.5, 0.6) is 0 Å². The lowest BCUT2D eigenvalue weighted by Gasteiger charge is -2.14. The second-order valence-electron chi connectivity index (χ2n) is 2.94. The minimum absolute atomic E-state index is 0.439. The second-order valence-corrected chi connectivity index (χ2v) is 4.26. The van der Waals surface area contributed by atoms with Crippen LogP contribution in [0.3, 0.4) is 0 Å². The molecule has 0 amide bonds. The molecule has 11 heavy (non-hydrogen) atoms. The predicted octanol–water partition coefficient (Wildman–Crippen LogP) is 2.88. The van der Waals surface area contributed by atoms with Crippen molar-refractivity contribution in [2.75, 3.05) is 0 Å². The smallest absolute Gasteiger partial charge is 0.130 e. The first kappa shape index (κ1) is 8.75. The fourth-order valence-corrected chi connectivity index (χ4v) is 2.19. The zero-order valence-electron chi connectivity index (χ0n) is 6.43. The lowest BCUT2D eigenvalue weighted by Crippen LogP contribution is -2.17. The first-order valence-electron chi connectivity index (χ1n) is 3.28. The van der Waals surface area contributed by atoms with E-state index in [0.29, 0.717) is 5.02 Å². The van der Waals surface area contributed by atoms with Gasteiger partial charge < -0.3 is 4.79 Å². The summed E-state index contributed by atoms with van der Waals surface area (Å²) in [5, 5.41) is 2.58. The number of rotatable bonds is 2. The SMILES string of the molecule is CC(C)(C=O)c1sccc1Cl. The van der Waals surface area contributed by atoms with Gasteiger partial charge in [-0.2, -0.15) is 0 Å². The summed E-state index contributed by atoms with van der Waals surface area (Å²) in [5.41, 5.74) is -0.439. The van der Waals surface area contributed by atoms with Crippen molar-refractivity contribution in [2.24, 2.45) is 0 Å². The molecule has 0 atom stereocenters. The average Bonchev–Trinajstić information content (AvgIpc) is 2.36. The van der Waals surface area contributed by atoms with Gasteiger partial charge in [-0.1, -0.05) is 11.6 Å². The molecular formula is C8H9ClOS. The molecule has 1 rings (SSSR count). The summed E-state index contributed by atoms with van der Waals surface area (Å²) < 4.78 is 0. The van der Waals surface area contributed by atoms with Crippen LogP contribution in [-0.2, 0) is 10.2 Å². The molecule has 0 bridgehead atoms. The lowest BCUT2D eigenvalue weighted by atomic mass is 9.94. The molecule has 0 saturated heterocycles. The zero-order valence-corrected chi connectivity index (χ0v) is 8.00. The fraction of sp³-hybridized carbons (Fsp3) is 0.375. The van der Waals surface area contributed by atoms with Crippen molar-refractivity contribution in [3.63, 3.8) is 0 Å². The highest BCUT2D eigenvalue weighted by atomic mass is 35.5. The van der Waals surface area contributed by atoms with Crippen molar-refractivity contribution in [1.29, 1.82) is 0 Å². The molecule has 1 heterocycles. The van der Waals surface area contributed by atoms with Crippen LogP contribution >= 0.6 is 22.9 Å². The molecule has 60 valence electrons. The number of thiophene rings is 1. The summed E-state index contributed by atoms with van der Waals surface area (Å²) in [6, 6.07) is 1.81. The second kappa shape index (κ2) is 2.95. The van der Waals surface area contributed by atoms with Gasteiger partial charge in [-0.05, 0) is 25.3 Å². The summed E-state index contributed by atoms with van der Waals surface area (Å²) in [7, 11) is 0. The van der Waals surface area contributed by atoms with E-state index in [-0.39, 0.29) is 0 Å². The van der Waals surface area contributed by atoms with Crippen LogP contribution in [0.15, 0.2) is 11.4 Å². The van der Waals surface area contributed by atoms with Crippen LogP contribution in [-0.4, -0.2) is 6.29 Å². The third-order valence-corrected chi connectivity index (χ3v) is 3.18. The van der Waals surface area contributed by atoms with E-state index in [1.54, 1.807) is 0 Å². The molecule has 0 aliphatic carbocycles. The van der Waals surface area contributed by atoms with Crippen LogP contribution in [0.25, 0.3) is 0 Å². The van der Waals surface area contributed by atoms with Gasteiger partial charge >= 0.3 is 0 Å². The Labute approximate surface area is 75.0 Å². The molecule has 0 aromatic carbocycles. The Hall–Kier alpha value is -0.340. The Morgan fingerprint density at radius 2 is 2.27 bits per heavy atom. The maximum Gasteiger partial charge on any atom is 0.130 e. The van der Waals surface area contributed by atoms with Crippen molar-refractivity contribution in [2.45, 2.75) is 19.3 Å². The van der Waals surface area contributed by atoms with Crippen LogP contribution in [0.1, 0.15) is 18.7 Å². The maximum atomic E-state index is 10.6. The van der Waals surface area contributed by atoms with Gasteiger partial charge in [0.05, 0.1) is 10.4 Å². The monoisotopic (exact) mass is 188 g/mol. The number of hydrogen-bond acceptors (Lipinski definition) is 2. The van der Waals surface area contributed by atoms with E-state index in [1.165, 1.54) is 11.3 Å². The molecule has 1 aromatic rings. The van der Waals surface area contributed by atoms with E-state index >= 15 is 0 Å². The minimum atomic E-state index is -0.439. The van der Waals surface area contributed by atoms with Crippen molar-refractivity contribution < 1.29 is 4.79 Å². The zero-order chi connectivity index (χ0) is 8.48. The first-order chi connectivity index (χ1) is 5.08. The lowest BCUT2D eigenvalue weighted by molar-refractivity contribution is -0.111. The normalized spacial score (nSPS) is 11.5. The van der Waals surface area contributed by atoms with E-state index in [9.17, 15) is 4.79 Å². The third-order valence-electron chi connectivity index (χ3n) is 1.50. The Bertz CT molecular complexity index is 265. The number of hydrogen-bond donors (Lipinski definition) is 0. The molecule has 0 saturated carbocycles. The van der Waals surface area contributed by atoms with Gasteiger partial charge in [-0.15, -0.1) is 11.3 Å². The Morgan fingerprint density at radius 1 is 1.64 bits per heavy atom. The highest BCUT2D eigenvalue weighted by molar-refractivity contribution is 7.10. The standard InChI is InChI=1S/C8H9ClOS/c1-8(2,5-10)7-6(9)3-4-11-7/h3-5H,1-2H3. The first-order valence-corrected chi connectivity index (χ1v) is 4.53. The van der Waals surface area contributed by atoms with E-state index < -0.39 is 5.41 Å². The Morgan fingerprint density at radius 3 is 2.64 bits per heavy atom. The molecule has 1 nitrogen and oxygen atoms in total. The maximum absolute atomic E-state index is 10.6. The van der Waals surface area contributed by atoms with Gasteiger partial charge in [0.25, 0.3) is 0 Å². The van der Waals surface area contributed by atoms with E-state index in [2.05, 4.69) is 0 Å². The molecule has 0 unspecified atom stereocenters. The van der Waals surface area contributed by atoms with Crippen molar-refractivity contribution >= 4 is 29.2 Å².